The van der Waals surface area contributed by atoms with Crippen LogP contribution in [0.4, 0.5) is 0 Å². The third-order valence-electron chi connectivity index (χ3n) is 5.89. The predicted octanol–water partition coefficient (Wildman–Crippen LogP) is 4.25. The van der Waals surface area contributed by atoms with Gasteiger partial charge in [-0.1, -0.05) is 31.4 Å². The van der Waals surface area contributed by atoms with Crippen LogP contribution in [-0.2, 0) is 17.9 Å². The van der Waals surface area contributed by atoms with E-state index in [1.807, 2.05) is 41.3 Å². The quantitative estimate of drug-likeness (QED) is 0.757. The summed E-state index contributed by atoms with van der Waals surface area (Å²) >= 11 is 0. The lowest BCUT2D eigenvalue weighted by molar-refractivity contribution is -0.137. The van der Waals surface area contributed by atoms with Crippen LogP contribution in [0.1, 0.15) is 43.2 Å². The summed E-state index contributed by atoms with van der Waals surface area (Å²) < 4.78 is 21.8. The van der Waals surface area contributed by atoms with Crippen LogP contribution < -0.4 is 18.9 Å². The van der Waals surface area contributed by atoms with Crippen LogP contribution in [0.15, 0.2) is 36.4 Å². The largest absolute Gasteiger partial charge is 0.454 e. The maximum Gasteiger partial charge on any atom is 0.231 e. The van der Waals surface area contributed by atoms with E-state index in [1.54, 1.807) is 0 Å². The lowest BCUT2D eigenvalue weighted by atomic mass is 9.88. The number of ether oxygens (including phenoxy) is 4. The molecule has 0 radical (unpaired) electrons. The van der Waals surface area contributed by atoms with Crippen LogP contribution in [0, 0.1) is 5.92 Å². The molecule has 0 aromatic heterocycles. The van der Waals surface area contributed by atoms with Gasteiger partial charge in [-0.25, -0.2) is 0 Å². The van der Waals surface area contributed by atoms with Crippen LogP contribution in [-0.4, -0.2) is 24.4 Å². The van der Waals surface area contributed by atoms with Gasteiger partial charge in [-0.3, -0.25) is 4.79 Å². The molecule has 2 aromatic rings. The van der Waals surface area contributed by atoms with Gasteiger partial charge in [0.25, 0.3) is 0 Å². The number of nitrogens with zero attached hydrogens (tertiary/aromatic N) is 1. The standard InChI is InChI=1S/C23H25NO5/c25-23(18-4-2-1-3-5-18)24(12-16-6-8-19-21(10-16)28-14-26-19)13-17-7-9-20-22(11-17)29-15-27-20/h6-11,18H,1-5,12-15H2. The second-order valence-electron chi connectivity index (χ2n) is 7.90. The van der Waals surface area contributed by atoms with E-state index in [0.29, 0.717) is 13.1 Å². The molecule has 152 valence electrons. The highest BCUT2D eigenvalue weighted by Crippen LogP contribution is 2.35. The van der Waals surface area contributed by atoms with Gasteiger partial charge in [-0.2, -0.15) is 0 Å². The fourth-order valence-corrected chi connectivity index (χ4v) is 4.34. The first kappa shape index (κ1) is 18.2. The van der Waals surface area contributed by atoms with Crippen LogP contribution in [0.25, 0.3) is 0 Å². The minimum Gasteiger partial charge on any atom is -0.454 e. The molecular formula is C23H25NO5. The maximum atomic E-state index is 13.4. The van der Waals surface area contributed by atoms with Crippen molar-refractivity contribution in [3.05, 3.63) is 47.5 Å². The van der Waals surface area contributed by atoms with Crippen molar-refractivity contribution >= 4 is 5.91 Å². The normalized spacial score (nSPS) is 17.4. The van der Waals surface area contributed by atoms with E-state index >= 15 is 0 Å². The van der Waals surface area contributed by atoms with Crippen molar-refractivity contribution in [3.8, 4) is 23.0 Å². The third-order valence-corrected chi connectivity index (χ3v) is 5.89. The molecule has 0 unspecified atom stereocenters. The number of amides is 1. The molecule has 0 spiro atoms. The fourth-order valence-electron chi connectivity index (χ4n) is 4.34. The van der Waals surface area contributed by atoms with Gasteiger partial charge in [-0.15, -0.1) is 0 Å². The Hall–Kier alpha value is -2.89. The highest BCUT2D eigenvalue weighted by molar-refractivity contribution is 5.79. The van der Waals surface area contributed by atoms with Gasteiger partial charge >= 0.3 is 0 Å². The number of rotatable bonds is 5. The summed E-state index contributed by atoms with van der Waals surface area (Å²) in [7, 11) is 0. The molecular weight excluding hydrogens is 370 g/mol. The van der Waals surface area contributed by atoms with E-state index in [2.05, 4.69) is 0 Å². The lowest BCUT2D eigenvalue weighted by Gasteiger charge is -2.29. The van der Waals surface area contributed by atoms with Crippen LogP contribution in [0.5, 0.6) is 23.0 Å². The molecule has 3 aliphatic rings. The summed E-state index contributed by atoms with van der Waals surface area (Å²) in [6, 6.07) is 11.8. The summed E-state index contributed by atoms with van der Waals surface area (Å²) in [5.74, 6) is 3.36. The molecule has 1 fully saturated rings. The average molecular weight is 395 g/mol. The molecule has 1 saturated carbocycles. The molecule has 2 aromatic carbocycles. The zero-order valence-corrected chi connectivity index (χ0v) is 16.4. The van der Waals surface area contributed by atoms with E-state index in [1.165, 1.54) is 6.42 Å². The Balaban J connectivity index is 1.38. The summed E-state index contributed by atoms with van der Waals surface area (Å²) in [5.41, 5.74) is 2.08. The molecule has 2 heterocycles. The summed E-state index contributed by atoms with van der Waals surface area (Å²) in [4.78, 5) is 15.4. The van der Waals surface area contributed by atoms with Crippen LogP contribution >= 0.6 is 0 Å². The number of carbonyl (C=O) groups excluding carboxylic acids is 1. The Morgan fingerprint density at radius 2 is 1.28 bits per heavy atom. The third kappa shape index (κ3) is 3.84. The Labute approximate surface area is 170 Å². The zero-order chi connectivity index (χ0) is 19.6. The van der Waals surface area contributed by atoms with Crippen LogP contribution in [0.3, 0.4) is 0 Å². The van der Waals surface area contributed by atoms with E-state index in [4.69, 9.17) is 18.9 Å². The molecule has 2 aliphatic heterocycles. The van der Waals surface area contributed by atoms with Crippen molar-refractivity contribution < 1.29 is 23.7 Å². The van der Waals surface area contributed by atoms with Crippen molar-refractivity contribution in [2.45, 2.75) is 45.2 Å². The number of hydrogen-bond donors (Lipinski definition) is 0. The molecule has 6 nitrogen and oxygen atoms in total. The highest BCUT2D eigenvalue weighted by atomic mass is 16.7. The number of benzene rings is 2. The highest BCUT2D eigenvalue weighted by Gasteiger charge is 2.27. The Morgan fingerprint density at radius 1 is 0.759 bits per heavy atom. The second kappa shape index (κ2) is 7.85. The number of fused-ring (bicyclic) bond motifs is 2. The van der Waals surface area contributed by atoms with Crippen molar-refractivity contribution in [2.24, 2.45) is 5.92 Å². The first-order valence-electron chi connectivity index (χ1n) is 10.3. The minimum atomic E-state index is 0.117. The molecule has 5 rings (SSSR count). The molecule has 0 N–H and O–H groups in total. The molecule has 0 saturated heterocycles. The topological polar surface area (TPSA) is 57.2 Å². The molecule has 29 heavy (non-hydrogen) atoms. The van der Waals surface area contributed by atoms with Crippen molar-refractivity contribution in [2.75, 3.05) is 13.6 Å². The number of hydrogen-bond acceptors (Lipinski definition) is 5. The van der Waals surface area contributed by atoms with Crippen molar-refractivity contribution in [3.63, 3.8) is 0 Å². The van der Waals surface area contributed by atoms with Crippen molar-refractivity contribution in [1.29, 1.82) is 0 Å². The number of carbonyl (C=O) groups is 1. The van der Waals surface area contributed by atoms with Gasteiger partial charge in [0.15, 0.2) is 23.0 Å². The van der Waals surface area contributed by atoms with Crippen molar-refractivity contribution in [1.82, 2.24) is 4.90 Å². The van der Waals surface area contributed by atoms with Gasteiger partial charge in [0.05, 0.1) is 0 Å². The van der Waals surface area contributed by atoms with E-state index in [-0.39, 0.29) is 25.4 Å². The van der Waals surface area contributed by atoms with Gasteiger partial charge in [0, 0.05) is 19.0 Å². The smallest absolute Gasteiger partial charge is 0.231 e. The first-order chi connectivity index (χ1) is 14.3. The maximum absolute atomic E-state index is 13.4. The van der Waals surface area contributed by atoms with E-state index < -0.39 is 0 Å². The molecule has 0 bridgehead atoms. The van der Waals surface area contributed by atoms with E-state index in [9.17, 15) is 4.79 Å². The monoisotopic (exact) mass is 395 g/mol. The lowest BCUT2D eigenvalue weighted by Crippen LogP contribution is -2.36. The summed E-state index contributed by atoms with van der Waals surface area (Å²) in [6.07, 6.45) is 5.47. The van der Waals surface area contributed by atoms with Gasteiger partial charge in [0.2, 0.25) is 19.5 Å². The summed E-state index contributed by atoms with van der Waals surface area (Å²) in [6.45, 7) is 1.59. The van der Waals surface area contributed by atoms with E-state index in [0.717, 1.165) is 59.8 Å². The average Bonchev–Trinajstić information content (AvgIpc) is 3.42. The first-order valence-corrected chi connectivity index (χ1v) is 10.3. The summed E-state index contributed by atoms with van der Waals surface area (Å²) in [5, 5.41) is 0. The Bertz CT molecular complexity index is 847. The minimum absolute atomic E-state index is 0.117. The SMILES string of the molecule is O=C(C1CCCCC1)N(Cc1ccc2c(c1)OCO2)Cc1ccc2c(c1)OCO2. The Kier molecular flexibility index (Phi) is 4.92. The van der Waals surface area contributed by atoms with Gasteiger partial charge in [0.1, 0.15) is 0 Å². The van der Waals surface area contributed by atoms with Crippen LogP contribution in [0.2, 0.25) is 0 Å². The molecule has 1 amide bonds. The second-order valence-corrected chi connectivity index (χ2v) is 7.90. The fraction of sp³-hybridized carbons (Fsp3) is 0.435. The predicted molar refractivity (Wildman–Crippen MR) is 106 cm³/mol. The Morgan fingerprint density at radius 3 is 1.83 bits per heavy atom. The van der Waals surface area contributed by atoms with Gasteiger partial charge in [-0.05, 0) is 48.2 Å². The molecule has 0 atom stereocenters. The zero-order valence-electron chi connectivity index (χ0n) is 16.4. The van der Waals surface area contributed by atoms with Gasteiger partial charge < -0.3 is 23.8 Å². The molecule has 1 aliphatic carbocycles. The molecule has 6 heteroatoms.